The Labute approximate surface area is 161 Å². The molecule has 134 valence electrons. The second kappa shape index (κ2) is 7.63. The van der Waals surface area contributed by atoms with Crippen molar-refractivity contribution in [1.29, 1.82) is 0 Å². The van der Waals surface area contributed by atoms with Crippen LogP contribution in [-0.2, 0) is 18.4 Å². The van der Waals surface area contributed by atoms with Gasteiger partial charge in [0.25, 0.3) is 5.56 Å². The smallest absolute Gasteiger partial charge is 0.332 e. The zero-order valence-electron chi connectivity index (χ0n) is 13.3. The molecule has 0 aliphatic carbocycles. The van der Waals surface area contributed by atoms with E-state index in [1.165, 1.54) is 7.05 Å². The summed E-state index contributed by atoms with van der Waals surface area (Å²) in [6.07, 6.45) is 0. The molecule has 1 aromatic heterocycles. The third kappa shape index (κ3) is 4.08. The highest BCUT2D eigenvalue weighted by molar-refractivity contribution is 9.10. The maximum atomic E-state index is 12.3. The van der Waals surface area contributed by atoms with Gasteiger partial charge in [0, 0.05) is 17.1 Å². The van der Waals surface area contributed by atoms with Crippen LogP contribution in [0.15, 0.2) is 32.3 Å². The van der Waals surface area contributed by atoms with Gasteiger partial charge in [-0.25, -0.2) is 9.36 Å². The normalized spacial score (nSPS) is 12.0. The quantitative estimate of drug-likeness (QED) is 0.746. The molecule has 1 unspecified atom stereocenters. The van der Waals surface area contributed by atoms with Crippen molar-refractivity contribution in [3.05, 3.63) is 59.1 Å². The number of aromatic nitrogens is 2. The lowest BCUT2D eigenvalue weighted by atomic mass is 10.1. The molecule has 0 saturated heterocycles. The van der Waals surface area contributed by atoms with Gasteiger partial charge in [-0.1, -0.05) is 29.3 Å². The molecule has 25 heavy (non-hydrogen) atoms. The molecule has 2 aromatic rings. The van der Waals surface area contributed by atoms with Gasteiger partial charge in [-0.2, -0.15) is 0 Å². The van der Waals surface area contributed by atoms with Crippen molar-refractivity contribution in [2.24, 2.45) is 7.05 Å². The minimum absolute atomic E-state index is 0.00651. The highest BCUT2D eigenvalue weighted by atomic mass is 79.9. The largest absolute Gasteiger partial charge is 0.384 e. The highest BCUT2D eigenvalue weighted by Crippen LogP contribution is 2.26. The molecule has 1 atom stereocenters. The first-order valence-electron chi connectivity index (χ1n) is 7.12. The Morgan fingerprint density at radius 1 is 1.36 bits per heavy atom. The van der Waals surface area contributed by atoms with Crippen LogP contribution in [0.2, 0.25) is 10.0 Å². The maximum Gasteiger partial charge on any atom is 0.332 e. The third-order valence-corrected chi connectivity index (χ3v) is 4.95. The van der Waals surface area contributed by atoms with Gasteiger partial charge < -0.3 is 11.1 Å². The summed E-state index contributed by atoms with van der Waals surface area (Å²) in [5.41, 5.74) is 4.95. The second-order valence-electron chi connectivity index (χ2n) is 5.39. The fraction of sp³-hybridized carbons (Fsp3) is 0.267. The Morgan fingerprint density at radius 3 is 2.60 bits per heavy atom. The van der Waals surface area contributed by atoms with Crippen molar-refractivity contribution < 1.29 is 4.79 Å². The van der Waals surface area contributed by atoms with Gasteiger partial charge in [0.2, 0.25) is 5.91 Å². The van der Waals surface area contributed by atoms with Crippen molar-refractivity contribution in [2.75, 3.05) is 5.73 Å². The molecule has 2 rings (SSSR count). The van der Waals surface area contributed by atoms with Crippen molar-refractivity contribution in [2.45, 2.75) is 19.5 Å². The second-order valence-corrected chi connectivity index (χ2v) is 7.02. The van der Waals surface area contributed by atoms with Crippen LogP contribution in [0.5, 0.6) is 0 Å². The number of benzene rings is 1. The number of nitrogens with zero attached hydrogens (tertiary/aromatic N) is 2. The van der Waals surface area contributed by atoms with E-state index in [2.05, 4.69) is 21.2 Å². The Morgan fingerprint density at radius 2 is 2.00 bits per heavy atom. The van der Waals surface area contributed by atoms with Gasteiger partial charge in [-0.3, -0.25) is 14.2 Å². The van der Waals surface area contributed by atoms with Crippen molar-refractivity contribution >= 4 is 50.9 Å². The van der Waals surface area contributed by atoms with Crippen LogP contribution in [0, 0.1) is 0 Å². The molecule has 0 saturated carbocycles. The Hall–Kier alpha value is -1.77. The molecule has 0 bridgehead atoms. The van der Waals surface area contributed by atoms with Crippen molar-refractivity contribution in [3.8, 4) is 0 Å². The SMILES string of the molecule is CC(NC(=O)Cn1c(=O)c(Br)c(N)n(C)c1=O)c1ccc(Cl)cc1Cl. The van der Waals surface area contributed by atoms with E-state index in [1.807, 2.05) is 0 Å². The molecular weight excluding hydrogens is 435 g/mol. The van der Waals surface area contributed by atoms with Crippen LogP contribution in [0.25, 0.3) is 0 Å². The monoisotopic (exact) mass is 448 g/mol. The van der Waals surface area contributed by atoms with Crippen LogP contribution in [0.4, 0.5) is 5.82 Å². The number of anilines is 1. The van der Waals surface area contributed by atoms with Gasteiger partial charge >= 0.3 is 5.69 Å². The molecule has 0 radical (unpaired) electrons. The van der Waals surface area contributed by atoms with Crippen LogP contribution < -0.4 is 22.3 Å². The number of amides is 1. The Kier molecular flexibility index (Phi) is 5.97. The van der Waals surface area contributed by atoms with Gasteiger partial charge in [0.05, 0.1) is 6.04 Å². The fourth-order valence-electron chi connectivity index (χ4n) is 2.25. The molecular formula is C15H15BrCl2N4O3. The summed E-state index contributed by atoms with van der Waals surface area (Å²) in [5, 5.41) is 3.58. The van der Waals surface area contributed by atoms with Gasteiger partial charge in [0.1, 0.15) is 16.8 Å². The van der Waals surface area contributed by atoms with Crippen LogP contribution in [0.1, 0.15) is 18.5 Å². The van der Waals surface area contributed by atoms with Crippen LogP contribution in [0.3, 0.4) is 0 Å². The number of carbonyl (C=O) groups excluding carboxylic acids is 1. The van der Waals surface area contributed by atoms with E-state index in [9.17, 15) is 14.4 Å². The van der Waals surface area contributed by atoms with E-state index in [0.717, 1.165) is 9.13 Å². The van der Waals surface area contributed by atoms with E-state index in [1.54, 1.807) is 25.1 Å². The fourth-order valence-corrected chi connectivity index (χ4v) is 3.30. The number of halogens is 3. The highest BCUT2D eigenvalue weighted by Gasteiger charge is 2.18. The molecule has 1 aromatic carbocycles. The zero-order chi connectivity index (χ0) is 18.9. The molecule has 3 N–H and O–H groups in total. The summed E-state index contributed by atoms with van der Waals surface area (Å²) >= 11 is 15.0. The van der Waals surface area contributed by atoms with Crippen LogP contribution >= 0.6 is 39.1 Å². The first kappa shape index (κ1) is 19.6. The first-order chi connectivity index (χ1) is 11.6. The molecule has 0 fully saturated rings. The number of nitrogen functional groups attached to an aromatic ring is 1. The maximum absolute atomic E-state index is 12.3. The molecule has 1 amide bonds. The van der Waals surface area contributed by atoms with Crippen LogP contribution in [-0.4, -0.2) is 15.0 Å². The summed E-state index contributed by atoms with van der Waals surface area (Å²) in [5.74, 6) is -0.526. The topological polar surface area (TPSA) is 99.1 Å². The van der Waals surface area contributed by atoms with E-state index in [-0.39, 0.29) is 10.3 Å². The molecule has 0 aliphatic heterocycles. The molecule has 10 heteroatoms. The first-order valence-corrected chi connectivity index (χ1v) is 8.67. The summed E-state index contributed by atoms with van der Waals surface area (Å²) in [7, 11) is 1.41. The average molecular weight is 450 g/mol. The predicted octanol–water partition coefficient (Wildman–Crippen LogP) is 2.08. The number of hydrogen-bond acceptors (Lipinski definition) is 4. The number of hydrogen-bond donors (Lipinski definition) is 2. The lowest BCUT2D eigenvalue weighted by molar-refractivity contribution is -0.122. The molecule has 7 nitrogen and oxygen atoms in total. The number of rotatable bonds is 4. The molecule has 0 spiro atoms. The van der Waals surface area contributed by atoms with E-state index in [0.29, 0.717) is 15.6 Å². The third-order valence-electron chi connectivity index (χ3n) is 3.65. The summed E-state index contributed by atoms with van der Waals surface area (Å²) in [6, 6.07) is 4.48. The van der Waals surface area contributed by atoms with Gasteiger partial charge in [0.15, 0.2) is 0 Å². The van der Waals surface area contributed by atoms with E-state index >= 15 is 0 Å². The lowest BCUT2D eigenvalue weighted by Crippen LogP contribution is -2.44. The molecule has 0 aliphatic rings. The summed E-state index contributed by atoms with van der Waals surface area (Å²) in [6.45, 7) is 1.28. The standard InChI is InChI=1S/C15H15BrCl2N4O3/c1-7(9-4-3-8(17)5-10(9)18)20-11(23)6-22-14(24)12(16)13(19)21(2)15(22)25/h3-5,7H,6,19H2,1-2H3,(H,20,23). The summed E-state index contributed by atoms with van der Waals surface area (Å²) in [4.78, 5) is 36.6. The van der Waals surface area contributed by atoms with Crippen molar-refractivity contribution in [3.63, 3.8) is 0 Å². The minimum atomic E-state index is -0.682. The zero-order valence-corrected chi connectivity index (χ0v) is 16.4. The van der Waals surface area contributed by atoms with E-state index in [4.69, 9.17) is 28.9 Å². The van der Waals surface area contributed by atoms with Gasteiger partial charge in [-0.15, -0.1) is 0 Å². The Bertz CT molecular complexity index is 918. The number of nitrogens with two attached hydrogens (primary N) is 1. The predicted molar refractivity (Wildman–Crippen MR) is 101 cm³/mol. The Balaban J connectivity index is 2.24. The summed E-state index contributed by atoms with van der Waals surface area (Å²) < 4.78 is 1.90. The minimum Gasteiger partial charge on any atom is -0.384 e. The lowest BCUT2D eigenvalue weighted by Gasteiger charge is -2.17. The van der Waals surface area contributed by atoms with E-state index < -0.39 is 29.7 Å². The van der Waals surface area contributed by atoms with Crippen molar-refractivity contribution in [1.82, 2.24) is 14.5 Å². The average Bonchev–Trinajstić information content (AvgIpc) is 2.55. The number of carbonyl (C=O) groups is 1. The van der Waals surface area contributed by atoms with Gasteiger partial charge in [-0.05, 0) is 40.5 Å². The molecule has 1 heterocycles. The number of nitrogens with one attached hydrogen (secondary N) is 1.